The van der Waals surface area contributed by atoms with Crippen molar-refractivity contribution in [3.63, 3.8) is 0 Å². The van der Waals surface area contributed by atoms with Crippen LogP contribution in [0.5, 0.6) is 11.5 Å². The summed E-state index contributed by atoms with van der Waals surface area (Å²) in [5.74, 6) is -0.582. The minimum Gasteiger partial charge on any atom is -0.508 e. The van der Waals surface area contributed by atoms with E-state index in [0.29, 0.717) is 0 Å². The van der Waals surface area contributed by atoms with Gasteiger partial charge in [0.1, 0.15) is 11.5 Å². The van der Waals surface area contributed by atoms with Gasteiger partial charge in [0.25, 0.3) is 0 Å². The SMILES string of the molecule is CCC(=C(c1ccc(O)cc1)c1ccc(O)cc1)c1ccc(C(=O)O)cc1. The van der Waals surface area contributed by atoms with Crippen LogP contribution in [0.3, 0.4) is 0 Å². The van der Waals surface area contributed by atoms with Crippen LogP contribution in [-0.4, -0.2) is 21.3 Å². The second-order valence-electron chi connectivity index (χ2n) is 6.18. The highest BCUT2D eigenvalue weighted by Gasteiger charge is 2.14. The molecule has 4 heteroatoms. The standard InChI is InChI=1S/C23H20O4/c1-2-21(15-3-5-18(6-4-15)23(26)27)22(16-7-11-19(24)12-8-16)17-9-13-20(25)14-10-17/h3-14,24-25H,2H2,1H3,(H,26,27). The van der Waals surface area contributed by atoms with Gasteiger partial charge >= 0.3 is 5.97 Å². The number of allylic oxidation sites excluding steroid dienone is 1. The quantitative estimate of drug-likeness (QED) is 0.549. The number of benzene rings is 3. The normalized spacial score (nSPS) is 10.4. The van der Waals surface area contributed by atoms with Crippen LogP contribution in [0.1, 0.15) is 40.4 Å². The summed E-state index contributed by atoms with van der Waals surface area (Å²) in [6.07, 6.45) is 0.726. The molecule has 0 heterocycles. The van der Waals surface area contributed by atoms with Gasteiger partial charge in [0.15, 0.2) is 0 Å². The monoisotopic (exact) mass is 360 g/mol. The van der Waals surface area contributed by atoms with Crippen molar-refractivity contribution in [1.82, 2.24) is 0 Å². The van der Waals surface area contributed by atoms with E-state index in [1.165, 1.54) is 0 Å². The molecule has 0 spiro atoms. The molecule has 0 radical (unpaired) electrons. The molecule has 3 aromatic carbocycles. The lowest BCUT2D eigenvalue weighted by molar-refractivity contribution is 0.0697. The van der Waals surface area contributed by atoms with Crippen molar-refractivity contribution in [2.45, 2.75) is 13.3 Å². The molecule has 0 aliphatic rings. The van der Waals surface area contributed by atoms with Gasteiger partial charge in [-0.3, -0.25) is 0 Å². The van der Waals surface area contributed by atoms with Crippen LogP contribution in [0.2, 0.25) is 0 Å². The van der Waals surface area contributed by atoms with Crippen molar-refractivity contribution in [3.05, 3.63) is 95.1 Å². The zero-order valence-corrected chi connectivity index (χ0v) is 14.9. The van der Waals surface area contributed by atoms with Crippen LogP contribution in [0.15, 0.2) is 72.8 Å². The predicted octanol–water partition coefficient (Wildman–Crippen LogP) is 5.17. The Kier molecular flexibility index (Phi) is 5.27. The first kappa shape index (κ1) is 18.3. The number of rotatable bonds is 5. The van der Waals surface area contributed by atoms with E-state index in [-0.39, 0.29) is 17.1 Å². The first-order valence-corrected chi connectivity index (χ1v) is 8.65. The lowest BCUT2D eigenvalue weighted by Crippen LogP contribution is -1.98. The van der Waals surface area contributed by atoms with E-state index in [9.17, 15) is 15.0 Å². The maximum atomic E-state index is 11.1. The largest absolute Gasteiger partial charge is 0.508 e. The van der Waals surface area contributed by atoms with Crippen molar-refractivity contribution >= 4 is 17.1 Å². The maximum Gasteiger partial charge on any atom is 0.335 e. The molecule has 0 aliphatic carbocycles. The number of aromatic hydroxyl groups is 2. The second-order valence-corrected chi connectivity index (χ2v) is 6.18. The van der Waals surface area contributed by atoms with Crippen LogP contribution >= 0.6 is 0 Å². The second kappa shape index (κ2) is 7.79. The van der Waals surface area contributed by atoms with E-state index in [2.05, 4.69) is 0 Å². The van der Waals surface area contributed by atoms with E-state index in [0.717, 1.165) is 34.3 Å². The molecule has 0 aromatic heterocycles. The van der Waals surface area contributed by atoms with Gasteiger partial charge in [-0.2, -0.15) is 0 Å². The van der Waals surface area contributed by atoms with Gasteiger partial charge in [-0.25, -0.2) is 4.79 Å². The Balaban J connectivity index is 2.22. The fourth-order valence-electron chi connectivity index (χ4n) is 3.11. The van der Waals surface area contributed by atoms with Gasteiger partial charge < -0.3 is 15.3 Å². The van der Waals surface area contributed by atoms with Crippen molar-refractivity contribution in [2.75, 3.05) is 0 Å². The summed E-state index contributed by atoms with van der Waals surface area (Å²) >= 11 is 0. The highest BCUT2D eigenvalue weighted by Crippen LogP contribution is 2.35. The zero-order valence-electron chi connectivity index (χ0n) is 14.9. The van der Waals surface area contributed by atoms with Crippen LogP contribution < -0.4 is 0 Å². The summed E-state index contributed by atoms with van der Waals surface area (Å²) in [6, 6.07) is 20.7. The maximum absolute atomic E-state index is 11.1. The molecule has 0 saturated heterocycles. The van der Waals surface area contributed by atoms with E-state index < -0.39 is 5.97 Å². The Morgan fingerprint density at radius 2 is 1.04 bits per heavy atom. The molecule has 0 fully saturated rings. The zero-order chi connectivity index (χ0) is 19.4. The van der Waals surface area contributed by atoms with Gasteiger partial charge in [0, 0.05) is 0 Å². The fraction of sp³-hybridized carbons (Fsp3) is 0.0870. The summed E-state index contributed by atoms with van der Waals surface area (Å²) in [6.45, 7) is 2.04. The number of aromatic carboxylic acids is 1. The third-order valence-electron chi connectivity index (χ3n) is 4.45. The number of hydrogen-bond acceptors (Lipinski definition) is 3. The molecular formula is C23H20O4. The molecule has 27 heavy (non-hydrogen) atoms. The average molecular weight is 360 g/mol. The molecule has 136 valence electrons. The van der Waals surface area contributed by atoms with Crippen LogP contribution in [0, 0.1) is 0 Å². The van der Waals surface area contributed by atoms with Crippen LogP contribution in [0.25, 0.3) is 11.1 Å². The summed E-state index contributed by atoms with van der Waals surface area (Å²) < 4.78 is 0. The Morgan fingerprint density at radius 3 is 1.41 bits per heavy atom. The van der Waals surface area contributed by atoms with E-state index in [1.807, 2.05) is 43.3 Å². The molecule has 0 saturated carbocycles. The summed E-state index contributed by atoms with van der Waals surface area (Å²) in [7, 11) is 0. The van der Waals surface area contributed by atoms with Gasteiger partial charge in [0.2, 0.25) is 0 Å². The van der Waals surface area contributed by atoms with Crippen LogP contribution in [-0.2, 0) is 0 Å². The molecule has 3 N–H and O–H groups in total. The number of carboxylic acid groups (broad SMARTS) is 1. The van der Waals surface area contributed by atoms with Gasteiger partial charge in [0.05, 0.1) is 5.56 Å². The van der Waals surface area contributed by atoms with E-state index in [1.54, 1.807) is 36.4 Å². The predicted molar refractivity (Wildman–Crippen MR) is 106 cm³/mol. The summed E-state index contributed by atoms with van der Waals surface area (Å²) in [4.78, 5) is 11.1. The number of carboxylic acids is 1. The van der Waals surface area contributed by atoms with Crippen molar-refractivity contribution in [1.29, 1.82) is 0 Å². The highest BCUT2D eigenvalue weighted by molar-refractivity contribution is 5.99. The Morgan fingerprint density at radius 1 is 0.667 bits per heavy atom. The number of phenols is 2. The minimum absolute atomic E-state index is 0.188. The summed E-state index contributed by atoms with van der Waals surface area (Å²) in [5.41, 5.74) is 5.04. The van der Waals surface area contributed by atoms with Gasteiger partial charge in [-0.15, -0.1) is 0 Å². The third kappa shape index (κ3) is 4.01. The topological polar surface area (TPSA) is 77.8 Å². The molecule has 0 amide bonds. The molecule has 0 unspecified atom stereocenters. The molecular weight excluding hydrogens is 340 g/mol. The van der Waals surface area contributed by atoms with E-state index in [4.69, 9.17) is 5.11 Å². The summed E-state index contributed by atoms with van der Waals surface area (Å²) in [5, 5.41) is 28.4. The van der Waals surface area contributed by atoms with Gasteiger partial charge in [-0.1, -0.05) is 43.3 Å². The smallest absolute Gasteiger partial charge is 0.335 e. The molecule has 4 nitrogen and oxygen atoms in total. The Hall–Kier alpha value is -3.53. The lowest BCUT2D eigenvalue weighted by atomic mass is 9.88. The molecule has 0 bridgehead atoms. The van der Waals surface area contributed by atoms with Crippen molar-refractivity contribution in [2.24, 2.45) is 0 Å². The number of carbonyl (C=O) groups is 1. The number of hydrogen-bond donors (Lipinski definition) is 3. The van der Waals surface area contributed by atoms with E-state index >= 15 is 0 Å². The minimum atomic E-state index is -0.958. The average Bonchev–Trinajstić information content (AvgIpc) is 2.68. The first-order valence-electron chi connectivity index (χ1n) is 8.65. The third-order valence-corrected chi connectivity index (χ3v) is 4.45. The van der Waals surface area contributed by atoms with Crippen LogP contribution in [0.4, 0.5) is 0 Å². The molecule has 3 rings (SSSR count). The van der Waals surface area contributed by atoms with Crippen molar-refractivity contribution < 1.29 is 20.1 Å². The van der Waals surface area contributed by atoms with Crippen molar-refractivity contribution in [3.8, 4) is 11.5 Å². The van der Waals surface area contributed by atoms with Gasteiger partial charge in [-0.05, 0) is 70.7 Å². The Bertz CT molecular complexity index is 919. The molecule has 0 atom stereocenters. The molecule has 3 aromatic rings. The molecule has 0 aliphatic heterocycles. The Labute approximate surface area is 157 Å². The highest BCUT2D eigenvalue weighted by atomic mass is 16.4. The lowest BCUT2D eigenvalue weighted by Gasteiger charge is -2.16. The number of phenolic OH excluding ortho intramolecular Hbond substituents is 2. The first-order chi connectivity index (χ1) is 13.0. The fourth-order valence-corrected chi connectivity index (χ4v) is 3.11.